The number of amides is 1. The lowest BCUT2D eigenvalue weighted by Gasteiger charge is -2.28. The Kier molecular flexibility index (Phi) is 5.77. The van der Waals surface area contributed by atoms with E-state index in [9.17, 15) is 17.6 Å². The Morgan fingerprint density at radius 1 is 1.06 bits per heavy atom. The topological polar surface area (TPSA) is 82.7 Å². The quantitative estimate of drug-likeness (QED) is 0.636. The van der Waals surface area contributed by atoms with Crippen LogP contribution < -0.4 is 0 Å². The van der Waals surface area contributed by atoms with Crippen LogP contribution in [0.1, 0.15) is 22.3 Å². The van der Waals surface area contributed by atoms with Crippen LogP contribution in [0.4, 0.5) is 4.39 Å². The highest BCUT2D eigenvalue weighted by Gasteiger charge is 2.28. The molecule has 2 aromatic carbocycles. The number of carbonyl (C=O) groups excluding carboxylic acids is 1. The van der Waals surface area contributed by atoms with E-state index in [1.807, 2.05) is 12.3 Å². The maximum atomic E-state index is 13.5. The molecule has 0 unspecified atom stereocenters. The molecule has 0 aliphatic carbocycles. The van der Waals surface area contributed by atoms with Crippen LogP contribution in [-0.2, 0) is 14.8 Å². The first-order valence-corrected chi connectivity index (χ1v) is 12.3. The molecular formula is C24H24FN3O4S. The van der Waals surface area contributed by atoms with Gasteiger partial charge in [-0.1, -0.05) is 12.1 Å². The summed E-state index contributed by atoms with van der Waals surface area (Å²) in [5.74, 6) is -0.492. The Labute approximate surface area is 191 Å². The number of halogens is 1. The van der Waals surface area contributed by atoms with Gasteiger partial charge < -0.3 is 14.6 Å². The maximum absolute atomic E-state index is 13.5. The summed E-state index contributed by atoms with van der Waals surface area (Å²) in [4.78, 5) is 18.0. The monoisotopic (exact) mass is 469 g/mol. The Hall–Kier alpha value is -3.01. The van der Waals surface area contributed by atoms with Crippen molar-refractivity contribution in [1.29, 1.82) is 0 Å². The first kappa shape index (κ1) is 21.8. The molecule has 172 valence electrons. The van der Waals surface area contributed by atoms with Crippen LogP contribution >= 0.6 is 0 Å². The van der Waals surface area contributed by atoms with E-state index in [4.69, 9.17) is 4.74 Å². The zero-order chi connectivity index (χ0) is 23.0. The van der Waals surface area contributed by atoms with Crippen molar-refractivity contribution >= 4 is 32.4 Å². The highest BCUT2D eigenvalue weighted by atomic mass is 32.2. The molecule has 3 heterocycles. The van der Waals surface area contributed by atoms with Crippen molar-refractivity contribution in [3.05, 3.63) is 71.7 Å². The minimum Gasteiger partial charge on any atom is -0.379 e. The summed E-state index contributed by atoms with van der Waals surface area (Å²) in [6.07, 6.45) is 4.52. The van der Waals surface area contributed by atoms with Crippen molar-refractivity contribution < 1.29 is 22.3 Å². The molecule has 33 heavy (non-hydrogen) atoms. The molecule has 0 spiro atoms. The molecule has 5 rings (SSSR count). The van der Waals surface area contributed by atoms with Crippen LogP contribution in [0.5, 0.6) is 0 Å². The van der Waals surface area contributed by atoms with E-state index < -0.39 is 10.0 Å². The van der Waals surface area contributed by atoms with E-state index in [2.05, 4.69) is 4.98 Å². The number of sulfonamides is 1. The lowest BCUT2D eigenvalue weighted by molar-refractivity contribution is 0.0730. The number of aromatic amines is 1. The summed E-state index contributed by atoms with van der Waals surface area (Å²) in [6.45, 7) is 2.28. The van der Waals surface area contributed by atoms with Gasteiger partial charge in [0, 0.05) is 54.4 Å². The van der Waals surface area contributed by atoms with Crippen molar-refractivity contribution in [1.82, 2.24) is 14.2 Å². The molecule has 0 saturated carbocycles. The third-order valence-corrected chi connectivity index (χ3v) is 8.07. The molecule has 0 atom stereocenters. The fourth-order valence-electron chi connectivity index (χ4n) is 4.37. The van der Waals surface area contributed by atoms with Crippen molar-refractivity contribution in [3.63, 3.8) is 0 Å². The number of aromatic nitrogens is 1. The highest BCUT2D eigenvalue weighted by molar-refractivity contribution is 7.89. The van der Waals surface area contributed by atoms with Gasteiger partial charge in [-0.2, -0.15) is 4.31 Å². The average Bonchev–Trinajstić information content (AvgIpc) is 3.27. The number of nitrogens with zero attached hydrogens (tertiary/aromatic N) is 2. The molecule has 0 radical (unpaired) electrons. The number of rotatable bonds is 4. The lowest BCUT2D eigenvalue weighted by Crippen LogP contribution is -2.40. The first-order valence-electron chi connectivity index (χ1n) is 10.9. The van der Waals surface area contributed by atoms with Gasteiger partial charge in [-0.3, -0.25) is 4.79 Å². The van der Waals surface area contributed by atoms with Crippen LogP contribution in [0.2, 0.25) is 0 Å². The number of H-pyrrole nitrogens is 1. The van der Waals surface area contributed by atoms with E-state index in [0.29, 0.717) is 51.4 Å². The van der Waals surface area contributed by atoms with Crippen LogP contribution in [0.15, 0.2) is 59.6 Å². The van der Waals surface area contributed by atoms with Gasteiger partial charge in [0.1, 0.15) is 5.82 Å². The summed E-state index contributed by atoms with van der Waals surface area (Å²) in [7, 11) is -3.67. The molecule has 1 saturated heterocycles. The summed E-state index contributed by atoms with van der Waals surface area (Å²) in [5, 5.41) is 0.948. The lowest BCUT2D eigenvalue weighted by atomic mass is 9.98. The molecular weight excluding hydrogens is 445 g/mol. The van der Waals surface area contributed by atoms with Crippen molar-refractivity contribution in [3.8, 4) is 0 Å². The third-order valence-electron chi connectivity index (χ3n) is 6.17. The molecule has 1 fully saturated rings. The van der Waals surface area contributed by atoms with Gasteiger partial charge >= 0.3 is 0 Å². The molecule has 1 aromatic heterocycles. The number of hydrogen-bond acceptors (Lipinski definition) is 4. The van der Waals surface area contributed by atoms with Crippen molar-refractivity contribution in [2.75, 3.05) is 39.4 Å². The molecule has 7 nitrogen and oxygen atoms in total. The SMILES string of the molecule is O=C(c1cccc(S(=O)(=O)N2CCOCC2)c1)N1CC=C(c2c[nH]c3cc(F)ccc23)CC1. The van der Waals surface area contributed by atoms with Crippen LogP contribution in [0.25, 0.3) is 16.5 Å². The summed E-state index contributed by atoms with van der Waals surface area (Å²) in [6, 6.07) is 10.9. The number of ether oxygens (including phenoxy) is 1. The van der Waals surface area contributed by atoms with E-state index in [-0.39, 0.29) is 16.6 Å². The number of carbonyl (C=O) groups is 1. The summed E-state index contributed by atoms with van der Waals surface area (Å²) in [5.41, 5.74) is 3.20. The summed E-state index contributed by atoms with van der Waals surface area (Å²) >= 11 is 0. The minimum atomic E-state index is -3.67. The normalized spacial score (nSPS) is 17.8. The van der Waals surface area contributed by atoms with Crippen molar-refractivity contribution in [2.45, 2.75) is 11.3 Å². The van der Waals surface area contributed by atoms with Crippen LogP contribution in [-0.4, -0.2) is 67.9 Å². The number of fused-ring (bicyclic) bond motifs is 1. The van der Waals surface area contributed by atoms with Gasteiger partial charge in [0.25, 0.3) is 5.91 Å². The van der Waals surface area contributed by atoms with Gasteiger partial charge in [0.15, 0.2) is 0 Å². The van der Waals surface area contributed by atoms with Gasteiger partial charge in [-0.25, -0.2) is 12.8 Å². The van der Waals surface area contributed by atoms with Crippen LogP contribution in [0, 0.1) is 5.82 Å². The number of hydrogen-bond donors (Lipinski definition) is 1. The highest BCUT2D eigenvalue weighted by Crippen LogP contribution is 2.30. The number of nitrogens with one attached hydrogen (secondary N) is 1. The first-order chi connectivity index (χ1) is 15.9. The van der Waals surface area contributed by atoms with E-state index in [1.165, 1.54) is 28.6 Å². The maximum Gasteiger partial charge on any atom is 0.254 e. The number of benzene rings is 2. The second-order valence-electron chi connectivity index (χ2n) is 8.17. The Morgan fingerprint density at radius 2 is 1.88 bits per heavy atom. The standard InChI is InChI=1S/C24H24FN3O4S/c25-19-4-5-21-22(16-26-23(21)15-19)17-6-8-27(9-7-17)24(29)18-2-1-3-20(14-18)33(30,31)28-10-12-32-13-11-28/h1-6,14-16,26H,7-13H2. The molecule has 2 aliphatic rings. The Morgan fingerprint density at radius 3 is 2.64 bits per heavy atom. The smallest absolute Gasteiger partial charge is 0.254 e. The molecule has 9 heteroatoms. The molecule has 3 aromatic rings. The Bertz CT molecular complexity index is 1340. The van der Waals surface area contributed by atoms with Crippen molar-refractivity contribution in [2.24, 2.45) is 0 Å². The molecule has 0 bridgehead atoms. The fourth-order valence-corrected chi connectivity index (χ4v) is 5.82. The predicted molar refractivity (Wildman–Crippen MR) is 123 cm³/mol. The minimum absolute atomic E-state index is 0.120. The average molecular weight is 470 g/mol. The van der Waals surface area contributed by atoms with E-state index in [0.717, 1.165) is 22.0 Å². The van der Waals surface area contributed by atoms with Gasteiger partial charge in [0.05, 0.1) is 18.1 Å². The summed E-state index contributed by atoms with van der Waals surface area (Å²) < 4.78 is 46.0. The second-order valence-corrected chi connectivity index (χ2v) is 10.1. The second kappa shape index (κ2) is 8.74. The number of morpholine rings is 1. The molecule has 2 aliphatic heterocycles. The molecule has 1 N–H and O–H groups in total. The van der Waals surface area contributed by atoms with Crippen LogP contribution in [0.3, 0.4) is 0 Å². The van der Waals surface area contributed by atoms with Gasteiger partial charge in [0.2, 0.25) is 10.0 Å². The Balaban J connectivity index is 1.34. The third kappa shape index (κ3) is 4.19. The largest absolute Gasteiger partial charge is 0.379 e. The van der Waals surface area contributed by atoms with Gasteiger partial charge in [-0.15, -0.1) is 0 Å². The molecule has 1 amide bonds. The van der Waals surface area contributed by atoms with Gasteiger partial charge in [-0.05, 0) is 48.4 Å². The fraction of sp³-hybridized carbons (Fsp3) is 0.292. The zero-order valence-corrected chi connectivity index (χ0v) is 18.8. The van der Waals surface area contributed by atoms with E-state index in [1.54, 1.807) is 23.1 Å². The zero-order valence-electron chi connectivity index (χ0n) is 18.0. The predicted octanol–water partition coefficient (Wildman–Crippen LogP) is 3.26. The van der Waals surface area contributed by atoms with E-state index >= 15 is 0 Å².